The molecule has 6 nitrogen and oxygen atoms in total. The Balaban J connectivity index is 2.40. The fourth-order valence-electron chi connectivity index (χ4n) is 1.58. The Morgan fingerprint density at radius 2 is 2.10 bits per heavy atom. The lowest BCUT2D eigenvalue weighted by atomic mass is 10.2. The molecule has 0 aliphatic rings. The van der Waals surface area contributed by atoms with Gasteiger partial charge in [0.25, 0.3) is 5.91 Å². The fraction of sp³-hybridized carbons (Fsp3) is 0.429. The highest BCUT2D eigenvalue weighted by molar-refractivity contribution is 5.96. The van der Waals surface area contributed by atoms with Crippen molar-refractivity contribution in [2.24, 2.45) is 0 Å². The van der Waals surface area contributed by atoms with Gasteiger partial charge in [0.15, 0.2) is 0 Å². The van der Waals surface area contributed by atoms with Crippen LogP contribution in [-0.4, -0.2) is 38.7 Å². The Hall–Kier alpha value is -2.08. The van der Waals surface area contributed by atoms with Gasteiger partial charge < -0.3 is 20.7 Å². The second-order valence-corrected chi connectivity index (χ2v) is 4.09. The molecule has 110 valence electrons. The summed E-state index contributed by atoms with van der Waals surface area (Å²) in [6.45, 7) is 3.78. The summed E-state index contributed by atoms with van der Waals surface area (Å²) < 4.78 is 5.17. The summed E-state index contributed by atoms with van der Waals surface area (Å²) >= 11 is 0. The van der Waals surface area contributed by atoms with Crippen LogP contribution in [0.15, 0.2) is 24.3 Å². The van der Waals surface area contributed by atoms with Crippen LogP contribution in [0.4, 0.5) is 10.5 Å². The number of nitrogens with one attached hydrogen (secondary N) is 3. The molecule has 6 heteroatoms. The molecule has 0 bridgehead atoms. The van der Waals surface area contributed by atoms with E-state index in [2.05, 4.69) is 16.0 Å². The Kier molecular flexibility index (Phi) is 7.13. The third-order valence-corrected chi connectivity index (χ3v) is 2.56. The maximum absolute atomic E-state index is 11.6. The molecule has 0 unspecified atom stereocenters. The van der Waals surface area contributed by atoms with Gasteiger partial charge >= 0.3 is 6.03 Å². The molecular formula is C14H21N3O3. The zero-order valence-electron chi connectivity index (χ0n) is 11.9. The maximum atomic E-state index is 11.6. The number of urea groups is 1. The maximum Gasteiger partial charge on any atom is 0.319 e. The molecule has 3 N–H and O–H groups in total. The summed E-state index contributed by atoms with van der Waals surface area (Å²) in [5.41, 5.74) is 1.08. The van der Waals surface area contributed by atoms with Crippen LogP contribution >= 0.6 is 0 Å². The quantitative estimate of drug-likeness (QED) is 0.663. The van der Waals surface area contributed by atoms with Gasteiger partial charge in [0.2, 0.25) is 0 Å². The molecule has 0 fully saturated rings. The summed E-state index contributed by atoms with van der Waals surface area (Å²) in [4.78, 5) is 23.1. The van der Waals surface area contributed by atoms with Crippen molar-refractivity contribution in [3.63, 3.8) is 0 Å². The predicted octanol–water partition coefficient (Wildman–Crippen LogP) is 1.59. The minimum atomic E-state index is -0.296. The van der Waals surface area contributed by atoms with Crippen molar-refractivity contribution in [2.75, 3.05) is 32.1 Å². The van der Waals surface area contributed by atoms with E-state index in [-0.39, 0.29) is 11.9 Å². The molecule has 0 aliphatic heterocycles. The van der Waals surface area contributed by atoms with Gasteiger partial charge in [-0.2, -0.15) is 0 Å². The number of benzene rings is 1. The average Bonchev–Trinajstić information content (AvgIpc) is 2.46. The zero-order valence-corrected chi connectivity index (χ0v) is 11.9. The highest BCUT2D eigenvalue weighted by Gasteiger charge is 2.05. The number of rotatable bonds is 7. The third-order valence-electron chi connectivity index (χ3n) is 2.56. The molecule has 0 heterocycles. The van der Waals surface area contributed by atoms with Crippen LogP contribution in [0.25, 0.3) is 0 Å². The van der Waals surface area contributed by atoms with Gasteiger partial charge in [-0.05, 0) is 31.5 Å². The molecule has 0 saturated heterocycles. The van der Waals surface area contributed by atoms with Crippen LogP contribution in [0.5, 0.6) is 0 Å². The van der Waals surface area contributed by atoms with Crippen molar-refractivity contribution < 1.29 is 14.3 Å². The number of anilines is 1. The summed E-state index contributed by atoms with van der Waals surface area (Å²) in [5.74, 6) is -0.189. The van der Waals surface area contributed by atoms with E-state index in [0.717, 1.165) is 6.42 Å². The minimum absolute atomic E-state index is 0.189. The van der Waals surface area contributed by atoms with E-state index < -0.39 is 0 Å². The van der Waals surface area contributed by atoms with Gasteiger partial charge in [0.1, 0.15) is 0 Å². The molecule has 0 aromatic heterocycles. The third kappa shape index (κ3) is 5.71. The van der Waals surface area contributed by atoms with E-state index in [9.17, 15) is 9.59 Å². The van der Waals surface area contributed by atoms with E-state index in [1.165, 1.54) is 0 Å². The van der Waals surface area contributed by atoms with Crippen molar-refractivity contribution in [2.45, 2.75) is 13.3 Å². The van der Waals surface area contributed by atoms with E-state index in [4.69, 9.17) is 4.74 Å². The van der Waals surface area contributed by atoms with Crippen molar-refractivity contribution in [3.8, 4) is 0 Å². The van der Waals surface area contributed by atoms with Gasteiger partial charge in [-0.1, -0.05) is 6.07 Å². The van der Waals surface area contributed by atoms with Gasteiger partial charge in [-0.25, -0.2) is 4.79 Å². The SMILES string of the molecule is CCOCCCNC(=O)Nc1cccc(C(=O)NC)c1. The van der Waals surface area contributed by atoms with Crippen LogP contribution in [-0.2, 0) is 4.74 Å². The number of amides is 3. The number of ether oxygens (including phenoxy) is 1. The predicted molar refractivity (Wildman–Crippen MR) is 78.0 cm³/mol. The standard InChI is InChI=1S/C14H21N3O3/c1-3-20-9-5-8-16-14(19)17-12-7-4-6-11(10-12)13(18)15-2/h4,6-7,10H,3,5,8-9H2,1-2H3,(H,15,18)(H2,16,17,19). The molecule has 1 rings (SSSR count). The topological polar surface area (TPSA) is 79.5 Å². The first-order valence-electron chi connectivity index (χ1n) is 6.62. The Morgan fingerprint density at radius 1 is 1.30 bits per heavy atom. The Labute approximate surface area is 118 Å². The molecule has 1 aromatic rings. The molecule has 0 saturated carbocycles. The van der Waals surface area contributed by atoms with Crippen LogP contribution in [0.1, 0.15) is 23.7 Å². The van der Waals surface area contributed by atoms with Gasteiger partial charge in [-0.3, -0.25) is 4.79 Å². The molecule has 3 amide bonds. The van der Waals surface area contributed by atoms with Crippen molar-refractivity contribution >= 4 is 17.6 Å². The molecular weight excluding hydrogens is 258 g/mol. The zero-order chi connectivity index (χ0) is 14.8. The monoisotopic (exact) mass is 279 g/mol. The first-order chi connectivity index (χ1) is 9.67. The normalized spacial score (nSPS) is 9.90. The number of hydrogen-bond acceptors (Lipinski definition) is 3. The minimum Gasteiger partial charge on any atom is -0.382 e. The Bertz CT molecular complexity index is 449. The molecule has 20 heavy (non-hydrogen) atoms. The van der Waals surface area contributed by atoms with E-state index in [1.807, 2.05) is 6.92 Å². The molecule has 0 atom stereocenters. The van der Waals surface area contributed by atoms with Gasteiger partial charge in [0.05, 0.1) is 0 Å². The van der Waals surface area contributed by atoms with Crippen LogP contribution in [0.3, 0.4) is 0 Å². The second kappa shape index (κ2) is 8.92. The highest BCUT2D eigenvalue weighted by Crippen LogP contribution is 2.10. The summed E-state index contributed by atoms with van der Waals surface area (Å²) in [5, 5.41) is 7.94. The van der Waals surface area contributed by atoms with Crippen LogP contribution in [0.2, 0.25) is 0 Å². The largest absolute Gasteiger partial charge is 0.382 e. The second-order valence-electron chi connectivity index (χ2n) is 4.09. The van der Waals surface area contributed by atoms with E-state index >= 15 is 0 Å². The van der Waals surface area contributed by atoms with Gasteiger partial charge in [-0.15, -0.1) is 0 Å². The van der Waals surface area contributed by atoms with Crippen molar-refractivity contribution in [1.29, 1.82) is 0 Å². The van der Waals surface area contributed by atoms with E-state index in [0.29, 0.717) is 31.0 Å². The average molecular weight is 279 g/mol. The van der Waals surface area contributed by atoms with E-state index in [1.54, 1.807) is 31.3 Å². The summed E-state index contributed by atoms with van der Waals surface area (Å²) in [6.07, 6.45) is 0.763. The summed E-state index contributed by atoms with van der Waals surface area (Å²) in [7, 11) is 1.56. The van der Waals surface area contributed by atoms with Crippen molar-refractivity contribution in [3.05, 3.63) is 29.8 Å². The smallest absolute Gasteiger partial charge is 0.319 e. The molecule has 0 spiro atoms. The van der Waals surface area contributed by atoms with Crippen molar-refractivity contribution in [1.82, 2.24) is 10.6 Å². The molecule has 0 radical (unpaired) electrons. The highest BCUT2D eigenvalue weighted by atomic mass is 16.5. The number of carbonyl (C=O) groups excluding carboxylic acids is 2. The first-order valence-corrected chi connectivity index (χ1v) is 6.62. The van der Waals surface area contributed by atoms with Gasteiger partial charge in [0, 0.05) is 38.1 Å². The van der Waals surface area contributed by atoms with Crippen LogP contribution < -0.4 is 16.0 Å². The lowest BCUT2D eigenvalue weighted by Gasteiger charge is -2.08. The lowest BCUT2D eigenvalue weighted by molar-refractivity contribution is 0.0963. The molecule has 0 aliphatic carbocycles. The van der Waals surface area contributed by atoms with Crippen LogP contribution in [0, 0.1) is 0 Å². The first kappa shape index (κ1) is 16.0. The molecule has 1 aromatic carbocycles. The number of carbonyl (C=O) groups is 2. The number of hydrogen-bond donors (Lipinski definition) is 3. The summed E-state index contributed by atoms with van der Waals surface area (Å²) in [6, 6.07) is 6.46. The Morgan fingerprint density at radius 3 is 2.80 bits per heavy atom. The lowest BCUT2D eigenvalue weighted by Crippen LogP contribution is -2.30. The fourth-order valence-corrected chi connectivity index (χ4v) is 1.58.